The molecule has 0 bridgehead atoms. The van der Waals surface area contributed by atoms with E-state index in [2.05, 4.69) is 5.32 Å². The van der Waals surface area contributed by atoms with Gasteiger partial charge in [-0.25, -0.2) is 0 Å². The standard InChI is InChI=1S/C19H15N3O5/c1-26-13-7-11(8-14(10-13)27-2)17(23)21-12-3-4-15-16(9-12)19(25)22(6-5-20)18(15)24/h3-4,7-10H,6H2,1-2H3,(H,21,23). The molecular formula is C19H15N3O5. The fourth-order valence-electron chi connectivity index (χ4n) is 2.72. The summed E-state index contributed by atoms with van der Waals surface area (Å²) in [7, 11) is 2.96. The summed E-state index contributed by atoms with van der Waals surface area (Å²) in [5.41, 5.74) is 1.01. The van der Waals surface area contributed by atoms with Gasteiger partial charge >= 0.3 is 0 Å². The summed E-state index contributed by atoms with van der Waals surface area (Å²) in [5.74, 6) is -0.594. The molecule has 136 valence electrons. The van der Waals surface area contributed by atoms with Crippen LogP contribution in [0.1, 0.15) is 31.1 Å². The van der Waals surface area contributed by atoms with Crippen molar-refractivity contribution in [1.82, 2.24) is 4.90 Å². The maximum Gasteiger partial charge on any atom is 0.262 e. The lowest BCUT2D eigenvalue weighted by molar-refractivity contribution is 0.0673. The largest absolute Gasteiger partial charge is 0.497 e. The van der Waals surface area contributed by atoms with Gasteiger partial charge < -0.3 is 14.8 Å². The third-order valence-corrected chi connectivity index (χ3v) is 4.07. The van der Waals surface area contributed by atoms with E-state index in [4.69, 9.17) is 14.7 Å². The van der Waals surface area contributed by atoms with Crippen LogP contribution in [0.4, 0.5) is 5.69 Å². The van der Waals surface area contributed by atoms with Crippen LogP contribution in [0.5, 0.6) is 11.5 Å². The molecule has 0 saturated carbocycles. The van der Waals surface area contributed by atoms with Crippen LogP contribution in [0, 0.1) is 11.3 Å². The van der Waals surface area contributed by atoms with E-state index in [9.17, 15) is 14.4 Å². The Kier molecular flexibility index (Phi) is 4.77. The second-order valence-electron chi connectivity index (χ2n) is 5.67. The molecule has 0 fully saturated rings. The zero-order chi connectivity index (χ0) is 19.6. The maximum absolute atomic E-state index is 12.5. The summed E-state index contributed by atoms with van der Waals surface area (Å²) in [6.07, 6.45) is 0. The molecule has 1 N–H and O–H groups in total. The van der Waals surface area contributed by atoms with Crippen molar-refractivity contribution in [2.75, 3.05) is 26.1 Å². The number of hydrogen-bond donors (Lipinski definition) is 1. The molecule has 1 aliphatic rings. The Balaban J connectivity index is 1.86. The minimum absolute atomic E-state index is 0.149. The summed E-state index contributed by atoms with van der Waals surface area (Å²) in [6.45, 7) is -0.322. The quantitative estimate of drug-likeness (QED) is 0.642. The van der Waals surface area contributed by atoms with E-state index in [-0.39, 0.29) is 17.7 Å². The SMILES string of the molecule is COc1cc(OC)cc(C(=O)Nc2ccc3c(c2)C(=O)N(CC#N)C3=O)c1. The number of benzene rings is 2. The van der Waals surface area contributed by atoms with Crippen LogP contribution in [0.2, 0.25) is 0 Å². The van der Waals surface area contributed by atoms with E-state index in [0.29, 0.717) is 22.7 Å². The number of carbonyl (C=O) groups is 3. The van der Waals surface area contributed by atoms with Gasteiger partial charge in [-0.3, -0.25) is 19.3 Å². The van der Waals surface area contributed by atoms with Crippen molar-refractivity contribution in [3.63, 3.8) is 0 Å². The highest BCUT2D eigenvalue weighted by Gasteiger charge is 2.35. The topological polar surface area (TPSA) is 109 Å². The lowest BCUT2D eigenvalue weighted by Crippen LogP contribution is -2.29. The number of amides is 3. The van der Waals surface area contributed by atoms with Crippen molar-refractivity contribution >= 4 is 23.4 Å². The van der Waals surface area contributed by atoms with Gasteiger partial charge in [-0.2, -0.15) is 5.26 Å². The first-order chi connectivity index (χ1) is 13.0. The highest BCUT2D eigenvalue weighted by Crippen LogP contribution is 2.27. The van der Waals surface area contributed by atoms with Gasteiger partial charge in [0.25, 0.3) is 17.7 Å². The summed E-state index contributed by atoms with van der Waals surface area (Å²) in [5, 5.41) is 11.4. The number of hydrogen-bond acceptors (Lipinski definition) is 6. The van der Waals surface area contributed by atoms with Gasteiger partial charge in [-0.15, -0.1) is 0 Å². The number of carbonyl (C=O) groups excluding carboxylic acids is 3. The monoisotopic (exact) mass is 365 g/mol. The van der Waals surface area contributed by atoms with E-state index in [0.717, 1.165) is 4.90 Å². The second-order valence-corrected chi connectivity index (χ2v) is 5.67. The Morgan fingerprint density at radius 1 is 1.04 bits per heavy atom. The number of nitriles is 1. The van der Waals surface area contributed by atoms with E-state index in [1.165, 1.54) is 32.4 Å². The predicted octanol–water partition coefficient (Wildman–Crippen LogP) is 2.08. The van der Waals surface area contributed by atoms with Crippen LogP contribution >= 0.6 is 0 Å². The fourth-order valence-corrected chi connectivity index (χ4v) is 2.72. The molecule has 0 aromatic heterocycles. The van der Waals surface area contributed by atoms with Gasteiger partial charge in [-0.05, 0) is 30.3 Å². The molecule has 2 aromatic carbocycles. The molecule has 1 heterocycles. The van der Waals surface area contributed by atoms with Gasteiger partial charge in [0.1, 0.15) is 18.0 Å². The first-order valence-corrected chi connectivity index (χ1v) is 7.90. The van der Waals surface area contributed by atoms with Crippen molar-refractivity contribution < 1.29 is 23.9 Å². The van der Waals surface area contributed by atoms with E-state index < -0.39 is 17.7 Å². The summed E-state index contributed by atoms with van der Waals surface area (Å²) in [6, 6.07) is 10.9. The molecule has 2 aromatic rings. The van der Waals surface area contributed by atoms with E-state index >= 15 is 0 Å². The van der Waals surface area contributed by atoms with Gasteiger partial charge in [-0.1, -0.05) is 0 Å². The molecule has 0 radical (unpaired) electrons. The number of imide groups is 1. The first-order valence-electron chi connectivity index (χ1n) is 7.90. The Bertz CT molecular complexity index is 971. The lowest BCUT2D eigenvalue weighted by atomic mass is 10.1. The number of rotatable bonds is 5. The van der Waals surface area contributed by atoms with Crippen molar-refractivity contribution in [1.29, 1.82) is 5.26 Å². The van der Waals surface area contributed by atoms with Gasteiger partial charge in [0.2, 0.25) is 0 Å². The van der Waals surface area contributed by atoms with Crippen molar-refractivity contribution in [3.05, 3.63) is 53.1 Å². The number of fused-ring (bicyclic) bond motifs is 1. The molecule has 0 spiro atoms. The molecule has 3 rings (SSSR count). The highest BCUT2D eigenvalue weighted by molar-refractivity contribution is 6.22. The third kappa shape index (κ3) is 3.30. The number of methoxy groups -OCH3 is 2. The Hall–Kier alpha value is -3.86. The van der Waals surface area contributed by atoms with Crippen molar-refractivity contribution in [2.24, 2.45) is 0 Å². The Labute approximate surface area is 154 Å². The molecule has 0 aliphatic carbocycles. The van der Waals surface area contributed by atoms with Gasteiger partial charge in [0.15, 0.2) is 0 Å². The summed E-state index contributed by atoms with van der Waals surface area (Å²) >= 11 is 0. The molecule has 3 amide bonds. The summed E-state index contributed by atoms with van der Waals surface area (Å²) in [4.78, 5) is 37.8. The van der Waals surface area contributed by atoms with E-state index in [1.807, 2.05) is 0 Å². The Morgan fingerprint density at radius 3 is 2.26 bits per heavy atom. The van der Waals surface area contributed by atoms with Gasteiger partial charge in [0.05, 0.1) is 31.4 Å². The highest BCUT2D eigenvalue weighted by atomic mass is 16.5. The second kappa shape index (κ2) is 7.17. The minimum Gasteiger partial charge on any atom is -0.497 e. The van der Waals surface area contributed by atoms with E-state index in [1.54, 1.807) is 24.3 Å². The molecule has 27 heavy (non-hydrogen) atoms. The molecule has 8 heteroatoms. The molecular weight excluding hydrogens is 350 g/mol. The molecule has 8 nitrogen and oxygen atoms in total. The molecule has 0 unspecified atom stereocenters. The zero-order valence-electron chi connectivity index (χ0n) is 14.6. The number of nitrogens with zero attached hydrogens (tertiary/aromatic N) is 2. The number of anilines is 1. The molecule has 0 saturated heterocycles. The average molecular weight is 365 g/mol. The van der Waals surface area contributed by atoms with Crippen molar-refractivity contribution in [2.45, 2.75) is 0 Å². The van der Waals surface area contributed by atoms with Crippen LogP contribution in [0.3, 0.4) is 0 Å². The number of ether oxygens (including phenoxy) is 2. The van der Waals surface area contributed by atoms with Crippen molar-refractivity contribution in [3.8, 4) is 17.6 Å². The van der Waals surface area contributed by atoms with Gasteiger partial charge in [0, 0.05) is 17.3 Å². The smallest absolute Gasteiger partial charge is 0.262 e. The average Bonchev–Trinajstić information content (AvgIpc) is 2.92. The fraction of sp³-hybridized carbons (Fsp3) is 0.158. The Morgan fingerprint density at radius 2 is 1.67 bits per heavy atom. The third-order valence-electron chi connectivity index (χ3n) is 4.07. The normalized spacial score (nSPS) is 12.4. The zero-order valence-corrected chi connectivity index (χ0v) is 14.6. The predicted molar refractivity (Wildman–Crippen MR) is 94.9 cm³/mol. The molecule has 0 atom stereocenters. The first kappa shape index (κ1) is 17.9. The van der Waals surface area contributed by atoms with Crippen LogP contribution in [0.15, 0.2) is 36.4 Å². The maximum atomic E-state index is 12.5. The van der Waals surface area contributed by atoms with Crippen LogP contribution in [0.25, 0.3) is 0 Å². The van der Waals surface area contributed by atoms with Crippen LogP contribution in [-0.4, -0.2) is 43.4 Å². The number of nitrogens with one attached hydrogen (secondary N) is 1. The summed E-state index contributed by atoms with van der Waals surface area (Å²) < 4.78 is 10.3. The van der Waals surface area contributed by atoms with Crippen LogP contribution < -0.4 is 14.8 Å². The molecule has 1 aliphatic heterocycles. The minimum atomic E-state index is -0.560. The van der Waals surface area contributed by atoms with Crippen LogP contribution in [-0.2, 0) is 0 Å². The lowest BCUT2D eigenvalue weighted by Gasteiger charge is -2.10.